The molecule has 1 aromatic rings. The van der Waals surface area contributed by atoms with Gasteiger partial charge in [-0.15, -0.1) is 0 Å². The van der Waals surface area contributed by atoms with E-state index in [1.165, 1.54) is 0 Å². The van der Waals surface area contributed by atoms with E-state index in [0.29, 0.717) is 25.8 Å². The van der Waals surface area contributed by atoms with Gasteiger partial charge in [-0.3, -0.25) is 0 Å². The van der Waals surface area contributed by atoms with Crippen molar-refractivity contribution < 1.29 is 14.3 Å². The highest BCUT2D eigenvalue weighted by Crippen LogP contribution is 2.01. The minimum Gasteiger partial charge on any atom is -0.467 e. The first-order valence-electron chi connectivity index (χ1n) is 6.78. The standard InChI is InChI=1S/C14H26N2O3/c1-12(2)16(3)7-6-15-9-13(17)10-18-11-14-5-4-8-19-14/h4-5,8,12-13,15,17H,6-7,9-11H2,1-3H3. The third-order valence-electron chi connectivity index (χ3n) is 3.04. The average Bonchev–Trinajstić information content (AvgIpc) is 2.87. The molecule has 0 amide bonds. The highest BCUT2D eigenvalue weighted by atomic mass is 16.5. The molecule has 1 rings (SSSR count). The Morgan fingerprint density at radius 2 is 2.26 bits per heavy atom. The maximum absolute atomic E-state index is 9.72. The molecule has 0 fully saturated rings. The van der Waals surface area contributed by atoms with Crippen LogP contribution in [0.15, 0.2) is 22.8 Å². The Morgan fingerprint density at radius 1 is 1.47 bits per heavy atom. The van der Waals surface area contributed by atoms with Gasteiger partial charge in [-0.25, -0.2) is 0 Å². The van der Waals surface area contributed by atoms with Crippen LogP contribution in [0.2, 0.25) is 0 Å². The molecule has 0 spiro atoms. The fourth-order valence-electron chi connectivity index (χ4n) is 1.53. The van der Waals surface area contributed by atoms with E-state index in [0.717, 1.165) is 18.8 Å². The van der Waals surface area contributed by atoms with Crippen LogP contribution in [-0.4, -0.2) is 55.4 Å². The second-order valence-corrected chi connectivity index (χ2v) is 5.03. The lowest BCUT2D eigenvalue weighted by Crippen LogP contribution is -2.37. The van der Waals surface area contributed by atoms with Crippen LogP contribution in [0.3, 0.4) is 0 Å². The molecular weight excluding hydrogens is 244 g/mol. The molecule has 2 N–H and O–H groups in total. The lowest BCUT2D eigenvalue weighted by Gasteiger charge is -2.21. The predicted molar refractivity (Wildman–Crippen MR) is 75.0 cm³/mol. The van der Waals surface area contributed by atoms with Crippen molar-refractivity contribution in [3.63, 3.8) is 0 Å². The fraction of sp³-hybridized carbons (Fsp3) is 0.714. The summed E-state index contributed by atoms with van der Waals surface area (Å²) >= 11 is 0. The van der Waals surface area contributed by atoms with Gasteiger partial charge in [0.1, 0.15) is 12.4 Å². The number of hydrogen-bond acceptors (Lipinski definition) is 5. The van der Waals surface area contributed by atoms with E-state index in [9.17, 15) is 5.11 Å². The second-order valence-electron chi connectivity index (χ2n) is 5.03. The summed E-state index contributed by atoms with van der Waals surface area (Å²) in [6, 6.07) is 4.22. The van der Waals surface area contributed by atoms with Gasteiger partial charge in [-0.05, 0) is 33.0 Å². The van der Waals surface area contributed by atoms with Gasteiger partial charge in [0.15, 0.2) is 0 Å². The SMILES string of the molecule is CC(C)N(C)CCNCC(O)COCc1ccco1. The van der Waals surface area contributed by atoms with Gasteiger partial charge >= 0.3 is 0 Å². The van der Waals surface area contributed by atoms with Gasteiger partial charge in [0, 0.05) is 25.7 Å². The molecule has 1 aromatic heterocycles. The molecular formula is C14H26N2O3. The van der Waals surface area contributed by atoms with Crippen molar-refractivity contribution in [1.29, 1.82) is 0 Å². The lowest BCUT2D eigenvalue weighted by atomic mass is 10.3. The van der Waals surface area contributed by atoms with E-state index >= 15 is 0 Å². The number of rotatable bonds is 10. The summed E-state index contributed by atoms with van der Waals surface area (Å²) in [5.74, 6) is 0.777. The van der Waals surface area contributed by atoms with E-state index in [4.69, 9.17) is 9.15 Å². The van der Waals surface area contributed by atoms with Gasteiger partial charge in [0.25, 0.3) is 0 Å². The molecule has 0 bridgehead atoms. The van der Waals surface area contributed by atoms with Crippen LogP contribution in [-0.2, 0) is 11.3 Å². The van der Waals surface area contributed by atoms with Crippen molar-refractivity contribution in [3.8, 4) is 0 Å². The van der Waals surface area contributed by atoms with Gasteiger partial charge in [0.2, 0.25) is 0 Å². The van der Waals surface area contributed by atoms with Crippen LogP contribution in [0.1, 0.15) is 19.6 Å². The van der Waals surface area contributed by atoms with Gasteiger partial charge in [-0.1, -0.05) is 0 Å². The maximum Gasteiger partial charge on any atom is 0.129 e. The largest absolute Gasteiger partial charge is 0.467 e. The molecule has 1 atom stereocenters. The number of likely N-dealkylation sites (N-methyl/N-ethyl adjacent to an activating group) is 1. The zero-order valence-electron chi connectivity index (χ0n) is 12.1. The molecule has 0 saturated heterocycles. The summed E-state index contributed by atoms with van der Waals surface area (Å²) in [6.45, 7) is 7.42. The maximum atomic E-state index is 9.72. The number of aliphatic hydroxyl groups is 1. The minimum atomic E-state index is -0.487. The van der Waals surface area contributed by atoms with Crippen molar-refractivity contribution in [1.82, 2.24) is 10.2 Å². The first kappa shape index (κ1) is 16.2. The molecule has 0 radical (unpaired) electrons. The number of ether oxygens (including phenoxy) is 1. The third kappa shape index (κ3) is 7.32. The van der Waals surface area contributed by atoms with E-state index in [-0.39, 0.29) is 0 Å². The van der Waals surface area contributed by atoms with Crippen LogP contribution in [0.5, 0.6) is 0 Å². The third-order valence-corrected chi connectivity index (χ3v) is 3.04. The highest BCUT2D eigenvalue weighted by Gasteiger charge is 2.06. The molecule has 0 aromatic carbocycles. The van der Waals surface area contributed by atoms with Crippen LogP contribution in [0.25, 0.3) is 0 Å². The van der Waals surface area contributed by atoms with E-state index < -0.39 is 6.10 Å². The smallest absolute Gasteiger partial charge is 0.129 e. The Balaban J connectivity index is 1.97. The van der Waals surface area contributed by atoms with Gasteiger partial charge in [-0.2, -0.15) is 0 Å². The number of aliphatic hydroxyl groups excluding tert-OH is 1. The van der Waals surface area contributed by atoms with Gasteiger partial charge in [0.05, 0.1) is 19.0 Å². The fourth-order valence-corrected chi connectivity index (χ4v) is 1.53. The minimum absolute atomic E-state index is 0.313. The predicted octanol–water partition coefficient (Wildman–Crippen LogP) is 1.09. The summed E-state index contributed by atoms with van der Waals surface area (Å²) in [4.78, 5) is 2.26. The van der Waals surface area contributed by atoms with Crippen molar-refractivity contribution in [2.45, 2.75) is 32.6 Å². The summed E-state index contributed by atoms with van der Waals surface area (Å²) in [5, 5.41) is 12.9. The number of nitrogens with zero attached hydrogens (tertiary/aromatic N) is 1. The quantitative estimate of drug-likeness (QED) is 0.623. The van der Waals surface area contributed by atoms with Crippen molar-refractivity contribution in [3.05, 3.63) is 24.2 Å². The molecule has 1 unspecified atom stereocenters. The topological polar surface area (TPSA) is 57.9 Å². The molecule has 5 nitrogen and oxygen atoms in total. The molecule has 5 heteroatoms. The van der Waals surface area contributed by atoms with Crippen LogP contribution in [0.4, 0.5) is 0 Å². The zero-order valence-corrected chi connectivity index (χ0v) is 12.1. The van der Waals surface area contributed by atoms with E-state index in [2.05, 4.69) is 31.1 Å². The molecule has 0 aliphatic heterocycles. The lowest BCUT2D eigenvalue weighted by molar-refractivity contribution is 0.0225. The Bertz CT molecular complexity index is 315. The number of furan rings is 1. The highest BCUT2D eigenvalue weighted by molar-refractivity contribution is 4.96. The summed E-state index contributed by atoms with van der Waals surface area (Å²) in [5.41, 5.74) is 0. The van der Waals surface area contributed by atoms with E-state index in [1.807, 2.05) is 12.1 Å². The summed E-state index contributed by atoms with van der Waals surface area (Å²) in [6.07, 6.45) is 1.13. The first-order chi connectivity index (χ1) is 9.09. The molecule has 110 valence electrons. The van der Waals surface area contributed by atoms with Crippen LogP contribution in [0, 0.1) is 0 Å². The van der Waals surface area contributed by atoms with E-state index in [1.54, 1.807) is 6.26 Å². The molecule has 0 saturated carbocycles. The second kappa shape index (κ2) is 9.09. The Hall–Kier alpha value is -0.880. The Kier molecular flexibility index (Phi) is 7.74. The number of hydrogen-bond donors (Lipinski definition) is 2. The molecule has 0 aliphatic rings. The van der Waals surface area contributed by atoms with Gasteiger partial charge < -0.3 is 24.5 Å². The monoisotopic (exact) mass is 270 g/mol. The molecule has 19 heavy (non-hydrogen) atoms. The average molecular weight is 270 g/mol. The normalized spacial score (nSPS) is 13.4. The Labute approximate surface area is 115 Å². The zero-order chi connectivity index (χ0) is 14.1. The summed E-state index contributed by atoms with van der Waals surface area (Å²) < 4.78 is 10.5. The summed E-state index contributed by atoms with van der Waals surface area (Å²) in [7, 11) is 2.09. The van der Waals surface area contributed by atoms with Crippen LogP contribution >= 0.6 is 0 Å². The van der Waals surface area contributed by atoms with Crippen molar-refractivity contribution >= 4 is 0 Å². The Morgan fingerprint density at radius 3 is 2.89 bits per heavy atom. The number of nitrogens with one attached hydrogen (secondary N) is 1. The van der Waals surface area contributed by atoms with Crippen molar-refractivity contribution in [2.75, 3.05) is 33.3 Å². The van der Waals surface area contributed by atoms with Crippen LogP contribution < -0.4 is 5.32 Å². The molecule has 1 heterocycles. The molecule has 0 aliphatic carbocycles. The first-order valence-corrected chi connectivity index (χ1v) is 6.78. The van der Waals surface area contributed by atoms with Crippen molar-refractivity contribution in [2.24, 2.45) is 0 Å².